The largest absolute Gasteiger partial charge is 0.489 e. The van der Waals surface area contributed by atoms with Crippen molar-refractivity contribution in [2.75, 3.05) is 13.4 Å². The number of nitrogens with two attached hydrogens (primary N) is 1. The maximum absolute atomic E-state index is 9.33. The van der Waals surface area contributed by atoms with Crippen LogP contribution >= 0.6 is 0 Å². The fourth-order valence-electron chi connectivity index (χ4n) is 4.35. The third-order valence-corrected chi connectivity index (χ3v) is 6.14. The van der Waals surface area contributed by atoms with Gasteiger partial charge in [0.1, 0.15) is 12.4 Å². The highest BCUT2D eigenvalue weighted by Gasteiger charge is 2.24. The molecule has 6 heteroatoms. The number of nitriles is 1. The summed E-state index contributed by atoms with van der Waals surface area (Å²) in [6.07, 6.45) is 11.4. The van der Waals surface area contributed by atoms with Crippen LogP contribution in [0, 0.1) is 17.2 Å². The molecule has 0 saturated heterocycles. The zero-order valence-electron chi connectivity index (χ0n) is 19.9. The van der Waals surface area contributed by atoms with E-state index >= 15 is 0 Å². The van der Waals surface area contributed by atoms with Crippen molar-refractivity contribution >= 4 is 11.0 Å². The van der Waals surface area contributed by atoms with Crippen LogP contribution in [0.5, 0.6) is 5.75 Å². The molecule has 0 radical (unpaired) electrons. The maximum atomic E-state index is 9.33. The Labute approximate surface area is 201 Å². The molecule has 4 rings (SSSR count). The molecule has 2 N–H and O–H groups in total. The summed E-state index contributed by atoms with van der Waals surface area (Å²) in [7, 11) is 0.710. The number of para-hydroxylation sites is 1. The van der Waals surface area contributed by atoms with Crippen LogP contribution in [-0.2, 0) is 22.3 Å². The van der Waals surface area contributed by atoms with Crippen molar-refractivity contribution in [3.63, 3.8) is 0 Å². The summed E-state index contributed by atoms with van der Waals surface area (Å²) in [5, 5.41) is 12.9. The van der Waals surface area contributed by atoms with Crippen molar-refractivity contribution in [2.24, 2.45) is 11.1 Å². The third kappa shape index (κ3) is 10.5. The Hall–Kier alpha value is -2.20. The van der Waals surface area contributed by atoms with E-state index in [0.29, 0.717) is 24.5 Å². The van der Waals surface area contributed by atoms with E-state index in [4.69, 9.17) is 14.7 Å². The molecule has 1 atom stereocenters. The fraction of sp³-hybridized carbons (Fsp3) is 0.519. The van der Waals surface area contributed by atoms with Crippen molar-refractivity contribution in [1.29, 1.82) is 5.26 Å². The number of nitrogens with zero attached hydrogens (tertiary/aromatic N) is 1. The molecule has 2 aromatic carbocycles. The number of hydrogen-bond acceptors (Lipinski definition) is 4. The first-order valence-electron chi connectivity index (χ1n) is 11.8. The highest BCUT2D eigenvalue weighted by molar-refractivity contribution is 7.81. The highest BCUT2D eigenvalue weighted by atomic mass is 32.2. The molecule has 2 aromatic rings. The standard InChI is InChI=1S/C20H24O2.C6H9N.CH5NOS/c1-21-18-13-11-17(12-14-18)19-9-5-6-10-20(19)22-15-16-7-3-2-4-8-16;7-5-6-3-1-2-4-6;1-4(2)3/h2-10,17-18H,11-15H2,1H3;6H,1-4H2;2H2,1H3. The van der Waals surface area contributed by atoms with Crippen LogP contribution < -0.4 is 9.88 Å². The van der Waals surface area contributed by atoms with Crippen LogP contribution in [0.2, 0.25) is 0 Å². The summed E-state index contributed by atoms with van der Waals surface area (Å²) in [4.78, 5) is 0. The zero-order chi connectivity index (χ0) is 23.9. The van der Waals surface area contributed by atoms with Gasteiger partial charge in [0.15, 0.2) is 0 Å². The van der Waals surface area contributed by atoms with Crippen LogP contribution in [0.4, 0.5) is 0 Å². The van der Waals surface area contributed by atoms with Crippen molar-refractivity contribution in [3.05, 3.63) is 65.7 Å². The van der Waals surface area contributed by atoms with Crippen molar-refractivity contribution < 1.29 is 13.7 Å². The summed E-state index contributed by atoms with van der Waals surface area (Å²) in [5.41, 5.74) is 2.56. The van der Waals surface area contributed by atoms with E-state index in [2.05, 4.69) is 59.7 Å². The van der Waals surface area contributed by atoms with Crippen LogP contribution in [0.1, 0.15) is 68.4 Å². The molecule has 0 heterocycles. The van der Waals surface area contributed by atoms with Gasteiger partial charge < -0.3 is 9.47 Å². The fourth-order valence-corrected chi connectivity index (χ4v) is 4.35. The van der Waals surface area contributed by atoms with Gasteiger partial charge in [-0.2, -0.15) is 5.26 Å². The van der Waals surface area contributed by atoms with Gasteiger partial charge in [0.2, 0.25) is 0 Å². The van der Waals surface area contributed by atoms with Crippen LogP contribution in [0.15, 0.2) is 54.6 Å². The van der Waals surface area contributed by atoms with Crippen LogP contribution in [0.3, 0.4) is 0 Å². The second kappa shape index (κ2) is 15.6. The lowest BCUT2D eigenvalue weighted by molar-refractivity contribution is 0.0655. The molecule has 33 heavy (non-hydrogen) atoms. The second-order valence-corrected chi connectivity index (χ2v) is 9.63. The van der Waals surface area contributed by atoms with Gasteiger partial charge in [-0.05, 0) is 61.6 Å². The zero-order valence-corrected chi connectivity index (χ0v) is 20.8. The quantitative estimate of drug-likeness (QED) is 0.591. The lowest BCUT2D eigenvalue weighted by Crippen LogP contribution is -2.19. The molecule has 0 spiro atoms. The Kier molecular flexibility index (Phi) is 12.8. The predicted molar refractivity (Wildman–Crippen MR) is 135 cm³/mol. The van der Waals surface area contributed by atoms with Gasteiger partial charge >= 0.3 is 0 Å². The van der Waals surface area contributed by atoms with E-state index in [1.165, 1.54) is 43.1 Å². The van der Waals surface area contributed by atoms with Crippen molar-refractivity contribution in [2.45, 2.75) is 70.0 Å². The molecule has 180 valence electrons. The smallest absolute Gasteiger partial charge is 0.123 e. The normalized spacial score (nSPS) is 20.9. The first-order chi connectivity index (χ1) is 16.0. The Morgan fingerprint density at radius 1 is 0.970 bits per heavy atom. The minimum atomic E-state index is -1.11. The van der Waals surface area contributed by atoms with Gasteiger partial charge in [-0.1, -0.05) is 61.4 Å². The van der Waals surface area contributed by atoms with Crippen molar-refractivity contribution in [1.82, 2.24) is 0 Å². The lowest BCUT2D eigenvalue weighted by atomic mass is 9.82. The molecule has 2 aliphatic rings. The van der Waals surface area contributed by atoms with E-state index in [0.717, 1.165) is 31.4 Å². The number of benzene rings is 2. The van der Waals surface area contributed by atoms with E-state index in [-0.39, 0.29) is 0 Å². The molecule has 2 saturated carbocycles. The Bertz CT molecular complexity index is 851. The molecular formula is C27H38N2O3S. The SMILES string of the molecule is COC1CCC(c2ccccc2OCc2ccccc2)CC1.CS(N)=O.N#CC1CCCC1. The minimum Gasteiger partial charge on any atom is -0.489 e. The van der Waals surface area contributed by atoms with E-state index in [1.807, 2.05) is 13.2 Å². The van der Waals surface area contributed by atoms with Crippen LogP contribution in [0.25, 0.3) is 0 Å². The second-order valence-electron chi connectivity index (χ2n) is 8.63. The minimum absolute atomic E-state index is 0.403. The number of hydrogen-bond donors (Lipinski definition) is 1. The van der Waals surface area contributed by atoms with E-state index in [1.54, 1.807) is 0 Å². The summed E-state index contributed by atoms with van der Waals surface area (Å²) in [6, 6.07) is 21.1. The highest BCUT2D eigenvalue weighted by Crippen LogP contribution is 2.38. The lowest BCUT2D eigenvalue weighted by Gasteiger charge is -2.29. The number of methoxy groups -OCH3 is 1. The number of rotatable bonds is 5. The Morgan fingerprint density at radius 3 is 2.09 bits per heavy atom. The van der Waals surface area contributed by atoms with Crippen LogP contribution in [-0.4, -0.2) is 23.7 Å². The number of ether oxygens (including phenoxy) is 2. The van der Waals surface area contributed by atoms with Gasteiger partial charge in [0.05, 0.1) is 23.2 Å². The average Bonchev–Trinajstić information content (AvgIpc) is 3.38. The molecule has 0 aliphatic heterocycles. The van der Waals surface area contributed by atoms with Gasteiger partial charge in [-0.25, -0.2) is 4.21 Å². The molecule has 1 unspecified atom stereocenters. The van der Waals surface area contributed by atoms with Gasteiger partial charge in [-0.15, -0.1) is 0 Å². The molecular weight excluding hydrogens is 432 g/mol. The maximum Gasteiger partial charge on any atom is 0.123 e. The topological polar surface area (TPSA) is 85.3 Å². The molecule has 0 amide bonds. The first-order valence-corrected chi connectivity index (χ1v) is 13.4. The molecule has 0 bridgehead atoms. The average molecular weight is 471 g/mol. The van der Waals surface area contributed by atoms with Gasteiger partial charge in [-0.3, -0.25) is 5.14 Å². The molecule has 2 fully saturated rings. The summed E-state index contributed by atoms with van der Waals surface area (Å²) in [5.74, 6) is 2.03. The van der Waals surface area contributed by atoms with E-state index < -0.39 is 11.0 Å². The summed E-state index contributed by atoms with van der Waals surface area (Å²) >= 11 is 0. The Morgan fingerprint density at radius 2 is 1.55 bits per heavy atom. The predicted octanol–water partition coefficient (Wildman–Crippen LogP) is 5.88. The van der Waals surface area contributed by atoms with Gasteiger partial charge in [0.25, 0.3) is 0 Å². The first kappa shape index (κ1) is 27.0. The van der Waals surface area contributed by atoms with E-state index in [9.17, 15) is 4.21 Å². The molecule has 0 aromatic heterocycles. The van der Waals surface area contributed by atoms with Gasteiger partial charge in [0, 0.05) is 19.3 Å². The summed E-state index contributed by atoms with van der Waals surface area (Å²) < 4.78 is 20.9. The monoisotopic (exact) mass is 470 g/mol. The third-order valence-electron chi connectivity index (χ3n) is 6.14. The molecule has 2 aliphatic carbocycles. The van der Waals surface area contributed by atoms with Crippen molar-refractivity contribution in [3.8, 4) is 11.8 Å². The Balaban J connectivity index is 0.000000290. The summed E-state index contributed by atoms with van der Waals surface area (Å²) in [6.45, 7) is 0.630. The molecule has 5 nitrogen and oxygen atoms in total.